The van der Waals surface area contributed by atoms with E-state index in [9.17, 15) is 14.9 Å². The van der Waals surface area contributed by atoms with Gasteiger partial charge >= 0.3 is 0 Å². The van der Waals surface area contributed by atoms with E-state index < -0.39 is 11.0 Å². The number of piperidine rings is 1. The normalized spacial score (nSPS) is 19.9. The van der Waals surface area contributed by atoms with Gasteiger partial charge in [-0.25, -0.2) is 0 Å². The highest BCUT2D eigenvalue weighted by atomic mass is 35.5. The Kier molecular flexibility index (Phi) is 3.19. The van der Waals surface area contributed by atoms with Crippen molar-refractivity contribution in [3.8, 4) is 0 Å². The van der Waals surface area contributed by atoms with Crippen LogP contribution >= 0.6 is 11.6 Å². The highest BCUT2D eigenvalue weighted by molar-refractivity contribution is 6.31. The fraction of sp³-hybridized carbons (Fsp3) is 0.273. The van der Waals surface area contributed by atoms with Gasteiger partial charge in [-0.15, -0.1) is 4.92 Å². The van der Waals surface area contributed by atoms with Gasteiger partial charge in [-0.2, -0.15) is 0 Å². The van der Waals surface area contributed by atoms with E-state index >= 15 is 0 Å². The molecule has 1 aliphatic rings. The Morgan fingerprint density at radius 2 is 2.18 bits per heavy atom. The summed E-state index contributed by atoms with van der Waals surface area (Å²) in [5.74, 6) is -0.194. The van der Waals surface area contributed by atoms with Gasteiger partial charge < -0.3 is 5.32 Å². The van der Waals surface area contributed by atoms with E-state index in [0.29, 0.717) is 10.6 Å². The first-order valence-corrected chi connectivity index (χ1v) is 5.51. The van der Waals surface area contributed by atoms with Crippen LogP contribution in [0.15, 0.2) is 24.3 Å². The Morgan fingerprint density at radius 1 is 1.47 bits per heavy atom. The lowest BCUT2D eigenvalue weighted by molar-refractivity contribution is -0.474. The number of carbonyl (C=O) groups excluding carboxylic acids is 1. The minimum Gasteiger partial charge on any atom is -0.371 e. The van der Waals surface area contributed by atoms with Crippen molar-refractivity contribution in [3.63, 3.8) is 0 Å². The van der Waals surface area contributed by atoms with Gasteiger partial charge in [0.05, 0.1) is 0 Å². The van der Waals surface area contributed by atoms with Crippen molar-refractivity contribution in [2.45, 2.75) is 18.9 Å². The smallest absolute Gasteiger partial charge is 0.216 e. The molecule has 1 aliphatic heterocycles. The number of hydrogen-bond donors (Lipinski definition) is 1. The summed E-state index contributed by atoms with van der Waals surface area (Å²) in [5.41, 5.74) is 0.564. The summed E-state index contributed by atoms with van der Waals surface area (Å²) in [6, 6.07) is 6.16. The molecule has 1 heterocycles. The quantitative estimate of drug-likeness (QED) is 0.498. The van der Waals surface area contributed by atoms with Crippen LogP contribution in [0.4, 0.5) is 0 Å². The van der Waals surface area contributed by atoms with Crippen LogP contribution in [0.5, 0.6) is 0 Å². The molecule has 1 N–H and O–H groups in total. The Hall–Kier alpha value is -1.75. The summed E-state index contributed by atoms with van der Waals surface area (Å²) >= 11 is 5.99. The van der Waals surface area contributed by atoms with Gasteiger partial charge in [-0.1, -0.05) is 36.2 Å². The molecule has 90 valence electrons. The fourth-order valence-electron chi connectivity index (χ4n) is 1.87. The summed E-state index contributed by atoms with van der Waals surface area (Å²) in [4.78, 5) is 21.8. The molecule has 0 spiro atoms. The predicted octanol–water partition coefficient (Wildman–Crippen LogP) is 2.10. The standard InChI is InChI=1S/C11H10ClN2O3/c12-8-4-2-1-3-7(8)11-9(14(16)17)5-6-10(15)13-11/h1-4,11H,5-6H2,(H,13,15)/q-1. The zero-order valence-electron chi connectivity index (χ0n) is 8.85. The summed E-state index contributed by atoms with van der Waals surface area (Å²) < 4.78 is 0. The zero-order valence-corrected chi connectivity index (χ0v) is 9.61. The maximum absolute atomic E-state index is 11.3. The molecular weight excluding hydrogens is 244 g/mol. The molecule has 2 rings (SSSR count). The van der Waals surface area contributed by atoms with Crippen LogP contribution in [-0.2, 0) is 4.79 Å². The van der Waals surface area contributed by atoms with Crippen molar-refractivity contribution in [3.05, 3.63) is 51.0 Å². The largest absolute Gasteiger partial charge is 0.371 e. The number of amides is 1. The van der Waals surface area contributed by atoms with Crippen LogP contribution in [0.3, 0.4) is 0 Å². The molecule has 1 aromatic carbocycles. The van der Waals surface area contributed by atoms with Crippen LogP contribution in [-0.4, -0.2) is 10.8 Å². The minimum absolute atomic E-state index is 0.0812. The lowest BCUT2D eigenvalue weighted by Crippen LogP contribution is -2.40. The number of benzene rings is 1. The molecule has 0 radical (unpaired) electrons. The summed E-state index contributed by atoms with van der Waals surface area (Å²) in [7, 11) is 0. The lowest BCUT2D eigenvalue weighted by Gasteiger charge is -2.37. The highest BCUT2D eigenvalue weighted by Crippen LogP contribution is 2.35. The third-order valence-corrected chi connectivity index (χ3v) is 3.04. The van der Waals surface area contributed by atoms with Gasteiger partial charge in [-0.3, -0.25) is 14.9 Å². The Balaban J connectivity index is 2.35. The number of halogens is 1. The second-order valence-corrected chi connectivity index (χ2v) is 4.18. The topological polar surface area (TPSA) is 72.2 Å². The molecule has 1 aromatic rings. The van der Waals surface area contributed by atoms with E-state index in [2.05, 4.69) is 5.32 Å². The second-order valence-electron chi connectivity index (χ2n) is 3.77. The molecule has 0 aliphatic carbocycles. The molecule has 1 fully saturated rings. The molecule has 5 nitrogen and oxygen atoms in total. The van der Waals surface area contributed by atoms with Crippen LogP contribution in [0.1, 0.15) is 24.4 Å². The fourth-order valence-corrected chi connectivity index (χ4v) is 2.11. The average Bonchev–Trinajstić information content (AvgIpc) is 2.29. The molecule has 0 saturated carbocycles. The van der Waals surface area contributed by atoms with E-state index in [1.54, 1.807) is 24.3 Å². The number of nitrogens with zero attached hydrogens (tertiary/aromatic N) is 1. The van der Waals surface area contributed by atoms with E-state index in [1.807, 2.05) is 0 Å². The van der Waals surface area contributed by atoms with Crippen LogP contribution in [0, 0.1) is 16.2 Å². The number of hydrogen-bond acceptors (Lipinski definition) is 3. The van der Waals surface area contributed by atoms with E-state index in [0.717, 1.165) is 0 Å². The monoisotopic (exact) mass is 253 g/mol. The molecule has 1 saturated heterocycles. The SMILES string of the molecule is O=C1CC[C-]([N+](=O)[O-])C(c2ccccc2Cl)N1. The first kappa shape index (κ1) is 11.7. The van der Waals surface area contributed by atoms with Gasteiger partial charge in [0.2, 0.25) is 5.91 Å². The maximum atomic E-state index is 11.3. The van der Waals surface area contributed by atoms with Gasteiger partial charge in [0, 0.05) is 17.5 Å². The molecule has 1 amide bonds. The highest BCUT2D eigenvalue weighted by Gasteiger charge is 2.27. The first-order chi connectivity index (χ1) is 8.09. The second kappa shape index (κ2) is 4.63. The molecule has 6 heteroatoms. The van der Waals surface area contributed by atoms with Gasteiger partial charge in [0.1, 0.15) is 0 Å². The molecule has 17 heavy (non-hydrogen) atoms. The minimum atomic E-state index is -0.722. The number of nitrogens with one attached hydrogen (secondary N) is 1. The Bertz CT molecular complexity index is 464. The molecule has 1 atom stereocenters. The van der Waals surface area contributed by atoms with Crippen molar-refractivity contribution >= 4 is 17.5 Å². The third-order valence-electron chi connectivity index (χ3n) is 2.70. The molecular formula is C11H10ClN2O3-. The third kappa shape index (κ3) is 2.34. The molecule has 0 bridgehead atoms. The van der Waals surface area contributed by atoms with Crippen LogP contribution in [0.2, 0.25) is 5.02 Å². The predicted molar refractivity (Wildman–Crippen MR) is 61.8 cm³/mol. The maximum Gasteiger partial charge on any atom is 0.216 e. The van der Waals surface area contributed by atoms with Crippen molar-refractivity contribution < 1.29 is 9.72 Å². The van der Waals surface area contributed by atoms with Crippen molar-refractivity contribution in [2.24, 2.45) is 0 Å². The Labute approximate surface area is 103 Å². The average molecular weight is 254 g/mol. The summed E-state index contributed by atoms with van der Waals surface area (Å²) in [6.45, 7) is 0. The molecule has 1 unspecified atom stereocenters. The lowest BCUT2D eigenvalue weighted by atomic mass is 9.92. The summed E-state index contributed by atoms with van der Waals surface area (Å²) in [5, 5.41) is 13.9. The number of nitro groups is 1. The van der Waals surface area contributed by atoms with E-state index in [4.69, 9.17) is 11.6 Å². The van der Waals surface area contributed by atoms with Crippen molar-refractivity contribution in [1.82, 2.24) is 5.32 Å². The van der Waals surface area contributed by atoms with Crippen LogP contribution < -0.4 is 5.32 Å². The van der Waals surface area contributed by atoms with Crippen molar-refractivity contribution in [1.29, 1.82) is 0 Å². The number of carbonyl (C=O) groups is 1. The van der Waals surface area contributed by atoms with Gasteiger partial charge in [0.15, 0.2) is 0 Å². The van der Waals surface area contributed by atoms with Crippen molar-refractivity contribution in [2.75, 3.05) is 0 Å². The summed E-state index contributed by atoms with van der Waals surface area (Å²) in [6.07, 6.45) is 0.311. The van der Waals surface area contributed by atoms with Crippen LogP contribution in [0.25, 0.3) is 0 Å². The van der Waals surface area contributed by atoms with Gasteiger partial charge in [0.25, 0.3) is 0 Å². The van der Waals surface area contributed by atoms with E-state index in [-0.39, 0.29) is 24.8 Å². The van der Waals surface area contributed by atoms with Gasteiger partial charge in [-0.05, 0) is 17.7 Å². The van der Waals surface area contributed by atoms with E-state index in [1.165, 1.54) is 0 Å². The first-order valence-electron chi connectivity index (χ1n) is 5.13. The zero-order chi connectivity index (χ0) is 12.4. The molecule has 0 aromatic heterocycles. The number of rotatable bonds is 2. The Morgan fingerprint density at radius 3 is 2.82 bits per heavy atom.